The highest BCUT2D eigenvalue weighted by atomic mass is 16.4. The fraction of sp³-hybridized carbons (Fsp3) is 1.00. The Bertz CT molecular complexity index is 134. The summed E-state index contributed by atoms with van der Waals surface area (Å²) >= 11 is 0. The summed E-state index contributed by atoms with van der Waals surface area (Å²) in [5, 5.41) is 22.6. The van der Waals surface area contributed by atoms with Crippen LogP contribution in [-0.4, -0.2) is 34.5 Å². The summed E-state index contributed by atoms with van der Waals surface area (Å²) in [6.45, 7) is 4.74. The molecule has 0 spiro atoms. The number of piperidine rings is 1. The number of hydrogen-bond donors (Lipinski definition) is 3. The van der Waals surface area contributed by atoms with Gasteiger partial charge in [0.25, 0.3) is 0 Å². The minimum atomic E-state index is -1.000. The van der Waals surface area contributed by atoms with Crippen LogP contribution in [0.4, 0.5) is 0 Å². The van der Waals surface area contributed by atoms with Gasteiger partial charge in [-0.2, -0.15) is 0 Å². The summed E-state index contributed by atoms with van der Waals surface area (Å²) < 4.78 is 0. The van der Waals surface area contributed by atoms with Crippen LogP contribution in [0.15, 0.2) is 0 Å². The number of aliphatic hydroxyl groups is 2. The highest BCUT2D eigenvalue weighted by molar-refractivity contribution is 4.97. The van der Waals surface area contributed by atoms with Crippen molar-refractivity contribution in [3.8, 4) is 0 Å². The topological polar surface area (TPSA) is 52.5 Å². The second-order valence-electron chi connectivity index (χ2n) is 3.87. The lowest BCUT2D eigenvalue weighted by atomic mass is 9.80. The van der Waals surface area contributed by atoms with Crippen LogP contribution in [-0.2, 0) is 0 Å². The molecule has 66 valence electrons. The molecule has 0 unspecified atom stereocenters. The molecule has 0 aromatic heterocycles. The van der Waals surface area contributed by atoms with Gasteiger partial charge in [-0.25, -0.2) is 0 Å². The van der Waals surface area contributed by atoms with Crippen LogP contribution in [0.2, 0.25) is 0 Å². The predicted molar refractivity (Wildman–Crippen MR) is 43.4 cm³/mol. The van der Waals surface area contributed by atoms with E-state index in [0.29, 0.717) is 13.0 Å². The van der Waals surface area contributed by atoms with Crippen LogP contribution in [0.3, 0.4) is 0 Å². The fourth-order valence-electron chi connectivity index (χ4n) is 1.41. The number of hydrogen-bond acceptors (Lipinski definition) is 3. The van der Waals surface area contributed by atoms with Crippen molar-refractivity contribution in [2.75, 3.05) is 13.1 Å². The molecule has 0 radical (unpaired) electrons. The van der Waals surface area contributed by atoms with E-state index in [2.05, 4.69) is 5.32 Å². The molecule has 1 saturated heterocycles. The van der Waals surface area contributed by atoms with E-state index in [1.165, 1.54) is 0 Å². The zero-order valence-electron chi connectivity index (χ0n) is 7.22. The first-order valence-corrected chi connectivity index (χ1v) is 4.11. The fourth-order valence-corrected chi connectivity index (χ4v) is 1.41. The smallest absolute Gasteiger partial charge is 0.105 e. The molecule has 0 aromatic rings. The molecule has 3 nitrogen and oxygen atoms in total. The van der Waals surface area contributed by atoms with Gasteiger partial charge in [-0.1, -0.05) is 0 Å². The van der Waals surface area contributed by atoms with Gasteiger partial charge >= 0.3 is 0 Å². The monoisotopic (exact) mass is 159 g/mol. The largest absolute Gasteiger partial charge is 0.387 e. The van der Waals surface area contributed by atoms with Crippen LogP contribution in [0, 0.1) is 0 Å². The zero-order chi connectivity index (χ0) is 8.54. The molecule has 0 aliphatic carbocycles. The first-order chi connectivity index (χ1) is 4.96. The van der Waals surface area contributed by atoms with Crippen LogP contribution < -0.4 is 5.32 Å². The van der Waals surface area contributed by atoms with Gasteiger partial charge in [-0.3, -0.25) is 0 Å². The Morgan fingerprint density at radius 3 is 2.36 bits per heavy atom. The third kappa shape index (κ3) is 1.72. The van der Waals surface area contributed by atoms with Gasteiger partial charge in [0.05, 0.1) is 5.60 Å². The van der Waals surface area contributed by atoms with Crippen LogP contribution in [0.5, 0.6) is 0 Å². The second kappa shape index (κ2) is 2.73. The molecule has 0 aromatic carbocycles. The van der Waals surface area contributed by atoms with Crippen molar-refractivity contribution in [1.29, 1.82) is 0 Å². The lowest BCUT2D eigenvalue weighted by Crippen LogP contribution is -2.58. The van der Waals surface area contributed by atoms with E-state index < -0.39 is 11.2 Å². The zero-order valence-corrected chi connectivity index (χ0v) is 7.22. The van der Waals surface area contributed by atoms with Gasteiger partial charge in [0.15, 0.2) is 0 Å². The average molecular weight is 159 g/mol. The van der Waals surface area contributed by atoms with Crippen molar-refractivity contribution >= 4 is 0 Å². The van der Waals surface area contributed by atoms with Crippen molar-refractivity contribution in [2.24, 2.45) is 0 Å². The van der Waals surface area contributed by atoms with Crippen LogP contribution in [0.1, 0.15) is 26.7 Å². The van der Waals surface area contributed by atoms with Crippen molar-refractivity contribution < 1.29 is 10.2 Å². The molecule has 3 heteroatoms. The SMILES string of the molecule is CC(C)(O)[C@]1(O)CCCNC1. The van der Waals surface area contributed by atoms with Gasteiger partial charge in [0, 0.05) is 6.54 Å². The van der Waals surface area contributed by atoms with E-state index in [9.17, 15) is 10.2 Å². The lowest BCUT2D eigenvalue weighted by molar-refractivity contribution is -0.140. The van der Waals surface area contributed by atoms with E-state index in [1.807, 2.05) is 0 Å². The molecule has 1 fully saturated rings. The molecule has 0 saturated carbocycles. The van der Waals surface area contributed by atoms with E-state index in [0.717, 1.165) is 13.0 Å². The van der Waals surface area contributed by atoms with Gasteiger partial charge in [0.2, 0.25) is 0 Å². The minimum Gasteiger partial charge on any atom is -0.387 e. The molecule has 3 N–H and O–H groups in total. The van der Waals surface area contributed by atoms with E-state index in [1.54, 1.807) is 13.8 Å². The van der Waals surface area contributed by atoms with Gasteiger partial charge in [-0.05, 0) is 33.2 Å². The van der Waals surface area contributed by atoms with Crippen molar-refractivity contribution in [3.05, 3.63) is 0 Å². The molecule has 1 aliphatic heterocycles. The van der Waals surface area contributed by atoms with E-state index >= 15 is 0 Å². The van der Waals surface area contributed by atoms with Gasteiger partial charge in [-0.15, -0.1) is 0 Å². The molecular formula is C8H17NO2. The van der Waals surface area contributed by atoms with Crippen molar-refractivity contribution in [3.63, 3.8) is 0 Å². The summed E-state index contributed by atoms with van der Waals surface area (Å²) in [5.74, 6) is 0. The van der Waals surface area contributed by atoms with E-state index in [4.69, 9.17) is 0 Å². The number of rotatable bonds is 1. The normalized spacial score (nSPS) is 33.8. The molecule has 1 rings (SSSR count). The molecule has 0 amide bonds. The average Bonchev–Trinajstić information content (AvgIpc) is 1.87. The van der Waals surface area contributed by atoms with E-state index in [-0.39, 0.29) is 0 Å². The van der Waals surface area contributed by atoms with Gasteiger partial charge < -0.3 is 15.5 Å². The molecule has 1 aliphatic rings. The van der Waals surface area contributed by atoms with Crippen LogP contribution >= 0.6 is 0 Å². The molecule has 11 heavy (non-hydrogen) atoms. The summed E-state index contributed by atoms with van der Waals surface area (Å²) in [4.78, 5) is 0. The molecule has 0 bridgehead atoms. The minimum absolute atomic E-state index is 0.497. The third-order valence-electron chi connectivity index (χ3n) is 2.50. The Morgan fingerprint density at radius 2 is 2.09 bits per heavy atom. The predicted octanol–water partition coefficient (Wildman–Crippen LogP) is -0.128. The number of nitrogens with one attached hydrogen (secondary N) is 1. The highest BCUT2D eigenvalue weighted by Crippen LogP contribution is 2.27. The summed E-state index contributed by atoms with van der Waals surface area (Å²) in [6, 6.07) is 0. The first kappa shape index (κ1) is 8.97. The standard InChI is InChI=1S/C8H17NO2/c1-7(2,10)8(11)4-3-5-9-6-8/h9-11H,3-6H2,1-2H3/t8-/m0/s1. The second-order valence-corrected chi connectivity index (χ2v) is 3.87. The Morgan fingerprint density at radius 1 is 1.45 bits per heavy atom. The summed E-state index contributed by atoms with van der Waals surface area (Å²) in [6.07, 6.45) is 1.62. The lowest BCUT2D eigenvalue weighted by Gasteiger charge is -2.41. The Kier molecular flexibility index (Phi) is 2.23. The van der Waals surface area contributed by atoms with Gasteiger partial charge in [0.1, 0.15) is 5.60 Å². The van der Waals surface area contributed by atoms with Crippen LogP contribution in [0.25, 0.3) is 0 Å². The highest BCUT2D eigenvalue weighted by Gasteiger charge is 2.42. The molecule has 1 atom stereocenters. The molecule has 1 heterocycles. The third-order valence-corrected chi connectivity index (χ3v) is 2.50. The summed E-state index contributed by atoms with van der Waals surface area (Å²) in [5.41, 5.74) is -1.94. The quantitative estimate of drug-likeness (QED) is 0.499. The Labute approximate surface area is 67.4 Å². The molecular weight excluding hydrogens is 142 g/mol. The van der Waals surface area contributed by atoms with Crippen molar-refractivity contribution in [2.45, 2.75) is 37.9 Å². The summed E-state index contributed by atoms with van der Waals surface area (Å²) in [7, 11) is 0. The first-order valence-electron chi connectivity index (χ1n) is 4.11. The maximum atomic E-state index is 9.90. The maximum Gasteiger partial charge on any atom is 0.105 e. The number of β-amino-alcohol motifs (C(OH)–C–C–N with tert-alkyl or cyclic N) is 1. The maximum absolute atomic E-state index is 9.90. The Hall–Kier alpha value is -0.120. The Balaban J connectivity index is 2.64. The van der Waals surface area contributed by atoms with Crippen molar-refractivity contribution in [1.82, 2.24) is 5.32 Å².